The molecule has 1 aromatic carbocycles. The van der Waals surface area contributed by atoms with Gasteiger partial charge < -0.3 is 19.9 Å². The topological polar surface area (TPSA) is 115 Å². The van der Waals surface area contributed by atoms with E-state index in [9.17, 15) is 0 Å². The van der Waals surface area contributed by atoms with Crippen LogP contribution in [0.2, 0.25) is 0 Å². The molecule has 3 heterocycles. The smallest absolute Gasteiger partial charge is 0.173 e. The Hall–Kier alpha value is -3.84. The number of unbranched alkanes of at least 4 members (excludes halogenated alkanes) is 1. The number of benzene rings is 1. The zero-order valence-electron chi connectivity index (χ0n) is 30.0. The number of rotatable bonds is 11. The number of hydrogen-bond donors (Lipinski definition) is 2. The van der Waals surface area contributed by atoms with Crippen LogP contribution in [0.25, 0.3) is 11.3 Å². The first-order valence-electron chi connectivity index (χ1n) is 16.9. The molecule has 1 aromatic heterocycles. The number of nitrogens with zero attached hydrogens (tertiary/aromatic N) is 4. The van der Waals surface area contributed by atoms with Crippen LogP contribution >= 0.6 is 11.8 Å². The minimum absolute atomic E-state index is 0.354. The zero-order valence-corrected chi connectivity index (χ0v) is 30.9. The van der Waals surface area contributed by atoms with Gasteiger partial charge in [0.05, 0.1) is 23.5 Å². The number of ether oxygens (including phenoxy) is 1. The summed E-state index contributed by atoms with van der Waals surface area (Å²) in [6.45, 7) is 14.3. The lowest BCUT2D eigenvalue weighted by Gasteiger charge is -2.22. The predicted molar refractivity (Wildman–Crippen MR) is 204 cm³/mol. The van der Waals surface area contributed by atoms with Gasteiger partial charge in [0, 0.05) is 70.8 Å². The highest BCUT2D eigenvalue weighted by atomic mass is 32.2. The van der Waals surface area contributed by atoms with Crippen molar-refractivity contribution in [2.24, 2.45) is 21.5 Å². The van der Waals surface area contributed by atoms with Gasteiger partial charge in [0.2, 0.25) is 0 Å². The Labute approximate surface area is 292 Å². The third kappa shape index (κ3) is 11.4. The molecule has 3 unspecified atom stereocenters. The maximum atomic E-state index is 6.50. The van der Waals surface area contributed by atoms with E-state index < -0.39 is 0 Å². The van der Waals surface area contributed by atoms with Crippen molar-refractivity contribution in [1.82, 2.24) is 10.1 Å². The molecule has 1 saturated heterocycles. The Kier molecular flexibility index (Phi) is 16.0. The van der Waals surface area contributed by atoms with E-state index >= 15 is 0 Å². The van der Waals surface area contributed by atoms with Crippen molar-refractivity contribution in [3.63, 3.8) is 0 Å². The first kappa shape index (κ1) is 38.6. The summed E-state index contributed by atoms with van der Waals surface area (Å²) in [6, 6.07) is 10.2. The van der Waals surface area contributed by atoms with Crippen LogP contribution in [0.1, 0.15) is 84.9 Å². The van der Waals surface area contributed by atoms with Crippen LogP contribution in [0, 0.1) is 18.8 Å². The molecular formula is C39H54N6O2S. The molecule has 258 valence electrons. The van der Waals surface area contributed by atoms with Crippen molar-refractivity contribution in [3.8, 4) is 23.2 Å². The monoisotopic (exact) mass is 670 g/mol. The van der Waals surface area contributed by atoms with Crippen molar-refractivity contribution in [2.75, 3.05) is 12.8 Å². The molecule has 4 N–H and O–H groups in total. The van der Waals surface area contributed by atoms with Gasteiger partial charge in [-0.2, -0.15) is 11.8 Å². The van der Waals surface area contributed by atoms with Crippen LogP contribution in [0.5, 0.6) is 0 Å². The quantitative estimate of drug-likeness (QED) is 0.140. The first-order chi connectivity index (χ1) is 23.1. The van der Waals surface area contributed by atoms with E-state index in [1.165, 1.54) is 18.4 Å². The highest BCUT2D eigenvalue weighted by Gasteiger charge is 2.22. The van der Waals surface area contributed by atoms with Crippen LogP contribution in [0.3, 0.4) is 0 Å². The molecule has 48 heavy (non-hydrogen) atoms. The lowest BCUT2D eigenvalue weighted by Crippen LogP contribution is -2.36. The molecule has 0 amide bonds. The molecule has 0 aliphatic carbocycles. The Balaban J connectivity index is 0.000000267. The molecule has 0 bridgehead atoms. The Morgan fingerprint density at radius 2 is 1.94 bits per heavy atom. The summed E-state index contributed by atoms with van der Waals surface area (Å²) in [4.78, 5) is 10.5. The van der Waals surface area contributed by atoms with E-state index in [2.05, 4.69) is 72.9 Å². The second kappa shape index (κ2) is 19.9. The summed E-state index contributed by atoms with van der Waals surface area (Å²) in [5.41, 5.74) is 21.0. The Morgan fingerprint density at radius 3 is 2.56 bits per heavy atom. The van der Waals surface area contributed by atoms with E-state index in [0.717, 1.165) is 81.5 Å². The van der Waals surface area contributed by atoms with E-state index in [4.69, 9.17) is 20.7 Å². The molecule has 2 aliphatic heterocycles. The van der Waals surface area contributed by atoms with Crippen LogP contribution in [0.4, 0.5) is 0 Å². The Bertz CT molecular complexity index is 1590. The molecule has 2 aliphatic rings. The number of aliphatic imine (C=N–C) groups is 2. The highest BCUT2D eigenvalue weighted by Crippen LogP contribution is 2.31. The largest absolute Gasteiger partial charge is 0.398 e. The molecular weight excluding hydrogens is 617 g/mol. The van der Waals surface area contributed by atoms with Crippen molar-refractivity contribution in [1.29, 1.82) is 0 Å². The summed E-state index contributed by atoms with van der Waals surface area (Å²) in [5.74, 6) is 9.37. The van der Waals surface area contributed by atoms with E-state index in [1.54, 1.807) is 12.4 Å². The standard InChI is InChI=1S/C22H33N5.C17H21NO2S/c1-7-10-11-19(13-12-18-14-26-22(24)27(6)15-18)20(17(5)25-9-3)21(23)16(4)8-2;1-12-8-9-15(19-12)10-21-11-16-13(2)18-20-17(16)14-6-4-3-5-7-14/h9,11,14-15,22H,7-8,10,23-24H2,1-6H3;3-7,12,15H,8-11H2,1-2H3/b19-11-,20-17-,21-16-,25-9?;. The minimum atomic E-state index is -0.354. The molecule has 8 nitrogen and oxygen atoms in total. The van der Waals surface area contributed by atoms with Crippen molar-refractivity contribution in [3.05, 3.63) is 87.6 Å². The van der Waals surface area contributed by atoms with Gasteiger partial charge in [-0.3, -0.25) is 15.7 Å². The van der Waals surface area contributed by atoms with Crippen molar-refractivity contribution < 1.29 is 9.26 Å². The molecule has 4 rings (SSSR count). The molecule has 1 fully saturated rings. The van der Waals surface area contributed by atoms with Crippen molar-refractivity contribution in [2.45, 2.75) is 105 Å². The fourth-order valence-electron chi connectivity index (χ4n) is 5.17. The van der Waals surface area contributed by atoms with Crippen molar-refractivity contribution >= 4 is 24.2 Å². The summed E-state index contributed by atoms with van der Waals surface area (Å²) < 4.78 is 11.4. The normalized spacial score (nSPS) is 20.4. The number of hydrogen-bond acceptors (Lipinski definition) is 9. The summed E-state index contributed by atoms with van der Waals surface area (Å²) in [7, 11) is 1.88. The maximum absolute atomic E-state index is 6.50. The van der Waals surface area contributed by atoms with Gasteiger partial charge in [-0.25, -0.2) is 0 Å². The third-order valence-corrected chi connectivity index (χ3v) is 9.31. The fourth-order valence-corrected chi connectivity index (χ4v) is 6.34. The zero-order chi connectivity index (χ0) is 35.1. The van der Waals surface area contributed by atoms with Crippen LogP contribution in [0.15, 0.2) is 90.8 Å². The molecule has 2 aromatic rings. The van der Waals surface area contributed by atoms with Gasteiger partial charge in [0.25, 0.3) is 0 Å². The lowest BCUT2D eigenvalue weighted by molar-refractivity contribution is 0.0700. The van der Waals surface area contributed by atoms with E-state index in [-0.39, 0.29) is 6.29 Å². The summed E-state index contributed by atoms with van der Waals surface area (Å²) in [6.07, 6.45) is 13.2. The first-order valence-corrected chi connectivity index (χ1v) is 18.1. The van der Waals surface area contributed by atoms with Gasteiger partial charge in [0.1, 0.15) is 0 Å². The molecule has 9 heteroatoms. The molecule has 3 atom stereocenters. The second-order valence-corrected chi connectivity index (χ2v) is 13.1. The SMILES string of the molecule is CC=N/C(C)=C(C(/C#CC1=CN(C)C(N)N=C1)=C\CCC)\C(N)=C(/C)CC.Cc1noc(-c2ccccc2)c1CSCC1CCC(C)O1. The number of nitrogens with two attached hydrogens (primary N) is 2. The Morgan fingerprint density at radius 1 is 1.19 bits per heavy atom. The van der Waals surface area contributed by atoms with Crippen LogP contribution in [-0.2, 0) is 10.5 Å². The average molecular weight is 671 g/mol. The number of allylic oxidation sites excluding steroid dienone is 5. The molecule has 0 radical (unpaired) electrons. The van der Waals surface area contributed by atoms with E-state index in [1.807, 2.05) is 68.9 Å². The molecule has 0 saturated carbocycles. The highest BCUT2D eigenvalue weighted by molar-refractivity contribution is 7.98. The third-order valence-electron chi connectivity index (χ3n) is 8.21. The molecule has 0 spiro atoms. The van der Waals surface area contributed by atoms with Gasteiger partial charge in [-0.15, -0.1) is 0 Å². The second-order valence-electron chi connectivity index (χ2n) is 12.1. The number of thioether (sulfide) groups is 1. The number of aromatic nitrogens is 1. The van der Waals surface area contributed by atoms with Gasteiger partial charge in [-0.1, -0.05) is 73.7 Å². The van der Waals surface area contributed by atoms with Crippen LogP contribution in [-0.4, -0.2) is 53.8 Å². The van der Waals surface area contributed by atoms with Crippen LogP contribution < -0.4 is 11.5 Å². The predicted octanol–water partition coefficient (Wildman–Crippen LogP) is 8.32. The van der Waals surface area contributed by atoms with Gasteiger partial charge in [0.15, 0.2) is 12.0 Å². The summed E-state index contributed by atoms with van der Waals surface area (Å²) >= 11 is 1.91. The maximum Gasteiger partial charge on any atom is 0.173 e. The average Bonchev–Trinajstić information content (AvgIpc) is 3.68. The number of aryl methyl sites for hydroxylation is 1. The minimum Gasteiger partial charge on any atom is -0.398 e. The summed E-state index contributed by atoms with van der Waals surface area (Å²) in [5, 5.41) is 4.14. The fraction of sp³-hybridized carbons (Fsp3) is 0.462. The van der Waals surface area contributed by atoms with Gasteiger partial charge >= 0.3 is 0 Å². The van der Waals surface area contributed by atoms with E-state index in [0.29, 0.717) is 12.2 Å². The lowest BCUT2D eigenvalue weighted by atomic mass is 9.96. The van der Waals surface area contributed by atoms with Gasteiger partial charge in [-0.05, 0) is 65.9 Å².